The van der Waals surface area contributed by atoms with Gasteiger partial charge in [0.05, 0.1) is 0 Å². The molecule has 0 N–H and O–H groups in total. The molecule has 0 aromatic carbocycles. The van der Waals surface area contributed by atoms with Crippen LogP contribution in [0, 0.1) is 6.92 Å². The molecule has 27 heavy (non-hydrogen) atoms. The van der Waals surface area contributed by atoms with Crippen LogP contribution in [0.15, 0.2) is 30.6 Å². The molecule has 1 aliphatic heterocycles. The fraction of sp³-hybridized carbons (Fsp3) is 0.500. The molecule has 1 fully saturated rings. The van der Waals surface area contributed by atoms with E-state index in [2.05, 4.69) is 15.0 Å². The van der Waals surface area contributed by atoms with Crippen LogP contribution < -0.4 is 0 Å². The number of hydrogen-bond acceptors (Lipinski definition) is 4. The molecule has 1 amide bonds. The van der Waals surface area contributed by atoms with Crippen molar-refractivity contribution in [1.29, 1.82) is 0 Å². The Morgan fingerprint density at radius 1 is 1.26 bits per heavy atom. The molecule has 1 atom stereocenters. The smallest absolute Gasteiger partial charge is 0.338 e. The van der Waals surface area contributed by atoms with Gasteiger partial charge < -0.3 is 4.90 Å². The zero-order chi connectivity index (χ0) is 19.6. The first-order valence-corrected chi connectivity index (χ1v) is 8.79. The lowest BCUT2D eigenvalue weighted by molar-refractivity contribution is -0.143. The highest BCUT2D eigenvalue weighted by molar-refractivity contribution is 5.80. The number of alkyl halides is 3. The molecular weight excluding hydrogens is 359 g/mol. The number of halogens is 3. The van der Waals surface area contributed by atoms with Crippen molar-refractivity contribution in [3.05, 3.63) is 47.5 Å². The molecule has 3 rings (SSSR count). The van der Waals surface area contributed by atoms with Gasteiger partial charge in [-0.2, -0.15) is 18.3 Å². The molecule has 0 aliphatic carbocycles. The van der Waals surface area contributed by atoms with Crippen LogP contribution >= 0.6 is 0 Å². The second-order valence-corrected chi connectivity index (χ2v) is 6.75. The minimum Gasteiger partial charge on any atom is -0.338 e. The monoisotopic (exact) mass is 381 g/mol. The number of carbonyl (C=O) groups is 1. The topological polar surface area (TPSA) is 54.3 Å². The lowest BCUT2D eigenvalue weighted by atomic mass is 10.2. The molecule has 9 heteroatoms. The average Bonchev–Trinajstić information content (AvgIpc) is 3.04. The summed E-state index contributed by atoms with van der Waals surface area (Å²) in [6.07, 6.45) is -0.974. The number of rotatable bonds is 4. The molecule has 2 aromatic heterocycles. The van der Waals surface area contributed by atoms with Gasteiger partial charge in [-0.3, -0.25) is 19.4 Å². The first-order valence-electron chi connectivity index (χ1n) is 8.79. The predicted octanol–water partition coefficient (Wildman–Crippen LogP) is 2.51. The highest BCUT2D eigenvalue weighted by atomic mass is 19.4. The third-order valence-electron chi connectivity index (χ3n) is 4.75. The molecule has 2 aromatic rings. The Morgan fingerprint density at radius 3 is 2.52 bits per heavy atom. The van der Waals surface area contributed by atoms with E-state index in [-0.39, 0.29) is 5.91 Å². The lowest BCUT2D eigenvalue weighted by Crippen LogP contribution is -2.50. The number of carbonyl (C=O) groups excluding carboxylic acids is 1. The Kier molecular flexibility index (Phi) is 5.50. The van der Waals surface area contributed by atoms with Crippen LogP contribution in [-0.4, -0.2) is 56.7 Å². The number of nitrogens with zero attached hydrogens (tertiary/aromatic N) is 5. The van der Waals surface area contributed by atoms with Crippen molar-refractivity contribution in [2.75, 3.05) is 26.2 Å². The van der Waals surface area contributed by atoms with Crippen molar-refractivity contribution < 1.29 is 18.0 Å². The number of pyridine rings is 1. The summed E-state index contributed by atoms with van der Waals surface area (Å²) in [5, 5.41) is 3.59. The Bertz CT molecular complexity index is 782. The van der Waals surface area contributed by atoms with E-state index in [1.54, 1.807) is 18.0 Å². The maximum Gasteiger partial charge on any atom is 0.435 e. The van der Waals surface area contributed by atoms with E-state index in [0.29, 0.717) is 31.9 Å². The van der Waals surface area contributed by atoms with Crippen molar-refractivity contribution in [1.82, 2.24) is 24.6 Å². The molecule has 1 saturated heterocycles. The predicted molar refractivity (Wildman–Crippen MR) is 92.8 cm³/mol. The fourth-order valence-corrected chi connectivity index (χ4v) is 3.26. The van der Waals surface area contributed by atoms with Gasteiger partial charge in [0.2, 0.25) is 5.91 Å². The van der Waals surface area contributed by atoms with E-state index in [4.69, 9.17) is 0 Å². The highest BCUT2D eigenvalue weighted by Gasteiger charge is 2.36. The van der Waals surface area contributed by atoms with Crippen molar-refractivity contribution in [3.8, 4) is 0 Å². The Hall–Kier alpha value is -2.42. The molecule has 146 valence electrons. The third-order valence-corrected chi connectivity index (χ3v) is 4.75. The molecule has 6 nitrogen and oxygen atoms in total. The molecule has 0 bridgehead atoms. The van der Waals surface area contributed by atoms with Gasteiger partial charge in [0.25, 0.3) is 0 Å². The number of amides is 1. The first-order chi connectivity index (χ1) is 12.8. The molecule has 0 spiro atoms. The van der Waals surface area contributed by atoms with Gasteiger partial charge in [-0.1, -0.05) is 6.07 Å². The molecule has 3 heterocycles. The summed E-state index contributed by atoms with van der Waals surface area (Å²) < 4.78 is 39.7. The van der Waals surface area contributed by atoms with Gasteiger partial charge in [0.1, 0.15) is 6.04 Å². The van der Waals surface area contributed by atoms with E-state index in [0.717, 1.165) is 22.9 Å². The largest absolute Gasteiger partial charge is 0.435 e. The van der Waals surface area contributed by atoms with Crippen LogP contribution in [0.3, 0.4) is 0 Å². The van der Waals surface area contributed by atoms with Crippen molar-refractivity contribution in [3.63, 3.8) is 0 Å². The average molecular weight is 381 g/mol. The van der Waals surface area contributed by atoms with Crippen LogP contribution in [0.1, 0.15) is 29.9 Å². The molecular formula is C18H22F3N5O. The van der Waals surface area contributed by atoms with Crippen molar-refractivity contribution >= 4 is 5.91 Å². The normalized spacial score (nSPS) is 17.1. The third kappa shape index (κ3) is 4.47. The second kappa shape index (κ2) is 7.67. The van der Waals surface area contributed by atoms with Crippen molar-refractivity contribution in [2.24, 2.45) is 0 Å². The van der Waals surface area contributed by atoms with Crippen LogP contribution in [-0.2, 0) is 17.5 Å². The highest BCUT2D eigenvalue weighted by Crippen LogP contribution is 2.29. The summed E-state index contributed by atoms with van der Waals surface area (Å²) in [4.78, 5) is 20.7. The minimum atomic E-state index is -4.52. The summed E-state index contributed by atoms with van der Waals surface area (Å²) in [6, 6.07) is 4.09. The van der Waals surface area contributed by atoms with Gasteiger partial charge in [-0.05, 0) is 31.5 Å². The standard InChI is InChI=1S/C18H22F3N5O/c1-13-10-16(18(19,20)21)23-26(13)14(2)17(27)25-8-6-24(7-9-25)12-15-4-3-5-22-11-15/h3-5,10-11,14H,6-9,12H2,1-2H3. The van der Waals surface area contributed by atoms with Crippen LogP contribution in [0.5, 0.6) is 0 Å². The van der Waals surface area contributed by atoms with Gasteiger partial charge in [0, 0.05) is 50.8 Å². The van der Waals surface area contributed by atoms with Crippen LogP contribution in [0.2, 0.25) is 0 Å². The van der Waals surface area contributed by atoms with Gasteiger partial charge in [-0.25, -0.2) is 0 Å². The SMILES string of the molecule is Cc1cc(C(F)(F)F)nn1C(C)C(=O)N1CCN(Cc2cccnc2)CC1. The zero-order valence-corrected chi connectivity index (χ0v) is 15.3. The van der Waals surface area contributed by atoms with Crippen LogP contribution in [0.4, 0.5) is 13.2 Å². The summed E-state index contributed by atoms with van der Waals surface area (Å²) in [5.74, 6) is -0.212. The van der Waals surface area contributed by atoms with Crippen LogP contribution in [0.25, 0.3) is 0 Å². The zero-order valence-electron chi connectivity index (χ0n) is 15.3. The molecule has 1 unspecified atom stereocenters. The van der Waals surface area contributed by atoms with Gasteiger partial charge in [-0.15, -0.1) is 0 Å². The van der Waals surface area contributed by atoms with E-state index in [9.17, 15) is 18.0 Å². The summed E-state index contributed by atoms with van der Waals surface area (Å²) in [5.41, 5.74) is 0.455. The first kappa shape index (κ1) is 19.3. The van der Waals surface area contributed by atoms with E-state index in [1.165, 1.54) is 6.92 Å². The maximum atomic E-state index is 12.8. The Labute approximate surface area is 155 Å². The van der Waals surface area contributed by atoms with Gasteiger partial charge in [0.15, 0.2) is 5.69 Å². The van der Waals surface area contributed by atoms with Crippen molar-refractivity contribution in [2.45, 2.75) is 32.6 Å². The number of aryl methyl sites for hydroxylation is 1. The Morgan fingerprint density at radius 2 is 1.96 bits per heavy atom. The number of piperazine rings is 1. The summed E-state index contributed by atoms with van der Waals surface area (Å²) in [7, 11) is 0. The quantitative estimate of drug-likeness (QED) is 0.817. The Balaban J connectivity index is 1.60. The lowest BCUT2D eigenvalue weighted by Gasteiger charge is -2.36. The maximum absolute atomic E-state index is 12.8. The number of aromatic nitrogens is 3. The second-order valence-electron chi connectivity index (χ2n) is 6.75. The molecule has 1 aliphatic rings. The van der Waals surface area contributed by atoms with Gasteiger partial charge >= 0.3 is 6.18 Å². The minimum absolute atomic E-state index is 0.212. The molecule has 0 saturated carbocycles. The van der Waals surface area contributed by atoms with E-state index in [1.807, 2.05) is 18.3 Å². The van der Waals surface area contributed by atoms with E-state index >= 15 is 0 Å². The summed E-state index contributed by atoms with van der Waals surface area (Å²) >= 11 is 0. The van der Waals surface area contributed by atoms with E-state index < -0.39 is 17.9 Å². The summed E-state index contributed by atoms with van der Waals surface area (Å²) in [6.45, 7) is 6.37. The molecule has 0 radical (unpaired) electrons. The number of hydrogen-bond donors (Lipinski definition) is 0. The fourth-order valence-electron chi connectivity index (χ4n) is 3.26.